The number of carboxylic acids is 1. The maximum Gasteiger partial charge on any atom is 0.326 e. The van der Waals surface area contributed by atoms with Gasteiger partial charge in [-0.2, -0.15) is 0 Å². The molecule has 110 valence electrons. The minimum Gasteiger partial charge on any atom is -0.480 e. The van der Waals surface area contributed by atoms with Gasteiger partial charge in [0.15, 0.2) is 0 Å². The zero-order chi connectivity index (χ0) is 15.1. The number of nitrogens with one attached hydrogen (secondary N) is 2. The van der Waals surface area contributed by atoms with E-state index in [0.717, 1.165) is 0 Å². The molecule has 2 amide bonds. The average molecular weight is 319 g/mol. The van der Waals surface area contributed by atoms with Gasteiger partial charge in [-0.1, -0.05) is 23.7 Å². The molecule has 6 nitrogen and oxygen atoms in total. The number of carboxylic acid groups (broad SMARTS) is 1. The molecular formula is C12H15ClN2O4S. The SMILES string of the molecule is CS(=O)CCC(NC(=O)Nc1ccccc1Cl)C(=O)O. The molecule has 2 unspecified atom stereocenters. The quantitative estimate of drug-likeness (QED) is 0.743. The molecular weight excluding hydrogens is 304 g/mol. The molecule has 0 radical (unpaired) electrons. The highest BCUT2D eigenvalue weighted by Gasteiger charge is 2.20. The Morgan fingerprint density at radius 2 is 2.05 bits per heavy atom. The fourth-order valence-electron chi connectivity index (χ4n) is 1.42. The molecule has 1 aromatic carbocycles. The zero-order valence-corrected chi connectivity index (χ0v) is 12.3. The van der Waals surface area contributed by atoms with Crippen molar-refractivity contribution in [2.45, 2.75) is 12.5 Å². The van der Waals surface area contributed by atoms with Crippen LogP contribution in [0.5, 0.6) is 0 Å². The second-order valence-electron chi connectivity index (χ2n) is 4.04. The topological polar surface area (TPSA) is 95.5 Å². The molecule has 0 saturated carbocycles. The van der Waals surface area contributed by atoms with Crippen molar-refractivity contribution in [3.63, 3.8) is 0 Å². The number of urea groups is 1. The predicted octanol–water partition coefficient (Wildman–Crippen LogP) is 1.68. The minimum absolute atomic E-state index is 0.0917. The lowest BCUT2D eigenvalue weighted by Crippen LogP contribution is -2.43. The molecule has 2 atom stereocenters. The van der Waals surface area contributed by atoms with Gasteiger partial charge in [0, 0.05) is 22.8 Å². The maximum absolute atomic E-state index is 11.7. The van der Waals surface area contributed by atoms with Crippen LogP contribution in [0.1, 0.15) is 6.42 Å². The zero-order valence-electron chi connectivity index (χ0n) is 10.8. The number of hydrogen-bond donors (Lipinski definition) is 3. The van der Waals surface area contributed by atoms with E-state index in [1.165, 1.54) is 6.26 Å². The molecule has 0 aromatic heterocycles. The first kappa shape index (κ1) is 16.5. The normalized spacial score (nSPS) is 13.3. The number of halogens is 1. The minimum atomic E-state index is -1.18. The van der Waals surface area contributed by atoms with Gasteiger partial charge in [-0.25, -0.2) is 9.59 Å². The first-order valence-electron chi connectivity index (χ1n) is 5.75. The molecule has 8 heteroatoms. The first-order valence-corrected chi connectivity index (χ1v) is 7.85. The molecule has 0 aliphatic heterocycles. The van der Waals surface area contributed by atoms with E-state index in [-0.39, 0.29) is 12.2 Å². The number of rotatable bonds is 6. The van der Waals surface area contributed by atoms with Gasteiger partial charge in [0.1, 0.15) is 6.04 Å². The van der Waals surface area contributed by atoms with Crippen molar-refractivity contribution in [3.05, 3.63) is 29.3 Å². The van der Waals surface area contributed by atoms with E-state index in [1.807, 2.05) is 0 Å². The number of amides is 2. The number of carbonyl (C=O) groups excluding carboxylic acids is 1. The highest BCUT2D eigenvalue weighted by molar-refractivity contribution is 7.84. The number of hydrogen-bond acceptors (Lipinski definition) is 3. The van der Waals surface area contributed by atoms with Crippen molar-refractivity contribution in [1.29, 1.82) is 0 Å². The van der Waals surface area contributed by atoms with Crippen LogP contribution in [0.2, 0.25) is 5.02 Å². The summed E-state index contributed by atoms with van der Waals surface area (Å²) in [5, 5.41) is 14.1. The summed E-state index contributed by atoms with van der Waals surface area (Å²) in [4.78, 5) is 22.7. The third kappa shape index (κ3) is 5.58. The summed E-state index contributed by atoms with van der Waals surface area (Å²) in [6.07, 6.45) is 1.57. The van der Waals surface area contributed by atoms with Crippen LogP contribution in [0.4, 0.5) is 10.5 Å². The van der Waals surface area contributed by atoms with Crippen LogP contribution < -0.4 is 10.6 Å². The van der Waals surface area contributed by atoms with Gasteiger partial charge in [-0.05, 0) is 18.6 Å². The summed E-state index contributed by atoms with van der Waals surface area (Å²) in [6, 6.07) is 4.83. The van der Waals surface area contributed by atoms with Gasteiger partial charge in [0.05, 0.1) is 10.7 Å². The molecule has 0 aliphatic carbocycles. The number of carbonyl (C=O) groups is 2. The predicted molar refractivity (Wildman–Crippen MR) is 78.6 cm³/mol. The van der Waals surface area contributed by atoms with E-state index in [0.29, 0.717) is 10.7 Å². The van der Waals surface area contributed by atoms with E-state index < -0.39 is 28.8 Å². The molecule has 0 bridgehead atoms. The van der Waals surface area contributed by atoms with Crippen molar-refractivity contribution >= 4 is 40.1 Å². The van der Waals surface area contributed by atoms with Crippen molar-refractivity contribution in [3.8, 4) is 0 Å². The van der Waals surface area contributed by atoms with E-state index in [4.69, 9.17) is 16.7 Å². The number of aliphatic carboxylic acids is 1. The fourth-order valence-corrected chi connectivity index (χ4v) is 2.17. The number of para-hydroxylation sites is 1. The van der Waals surface area contributed by atoms with Crippen LogP contribution in [0, 0.1) is 0 Å². The first-order chi connectivity index (χ1) is 9.40. The van der Waals surface area contributed by atoms with Gasteiger partial charge in [-0.3, -0.25) is 4.21 Å². The van der Waals surface area contributed by atoms with Crippen LogP contribution in [0.25, 0.3) is 0 Å². The highest BCUT2D eigenvalue weighted by Crippen LogP contribution is 2.20. The fraction of sp³-hybridized carbons (Fsp3) is 0.333. The Kier molecular flexibility index (Phi) is 6.47. The van der Waals surface area contributed by atoms with Crippen LogP contribution in [-0.4, -0.2) is 39.4 Å². The molecule has 0 aliphatic rings. The summed E-state index contributed by atoms with van der Waals surface area (Å²) in [7, 11) is -1.12. The van der Waals surface area contributed by atoms with E-state index in [2.05, 4.69) is 10.6 Å². The van der Waals surface area contributed by atoms with Crippen LogP contribution in [-0.2, 0) is 15.6 Å². The van der Waals surface area contributed by atoms with Crippen molar-refractivity contribution in [1.82, 2.24) is 5.32 Å². The highest BCUT2D eigenvalue weighted by atomic mass is 35.5. The third-order valence-corrected chi connectivity index (χ3v) is 3.56. The van der Waals surface area contributed by atoms with Gasteiger partial charge < -0.3 is 15.7 Å². The van der Waals surface area contributed by atoms with Crippen LogP contribution in [0.15, 0.2) is 24.3 Å². The van der Waals surface area contributed by atoms with Gasteiger partial charge in [0.25, 0.3) is 0 Å². The average Bonchev–Trinajstić information content (AvgIpc) is 2.36. The summed E-state index contributed by atoms with van der Waals surface area (Å²) in [6.45, 7) is 0. The lowest BCUT2D eigenvalue weighted by Gasteiger charge is -2.15. The Morgan fingerprint density at radius 1 is 1.40 bits per heavy atom. The van der Waals surface area contributed by atoms with Gasteiger partial charge >= 0.3 is 12.0 Å². The Labute approximate surface area is 124 Å². The smallest absolute Gasteiger partial charge is 0.326 e. The van der Waals surface area contributed by atoms with Crippen LogP contribution in [0.3, 0.4) is 0 Å². The Balaban J connectivity index is 2.60. The van der Waals surface area contributed by atoms with Crippen molar-refractivity contribution in [2.24, 2.45) is 0 Å². The van der Waals surface area contributed by atoms with Crippen LogP contribution >= 0.6 is 11.6 Å². The number of benzene rings is 1. The van der Waals surface area contributed by atoms with Crippen molar-refractivity contribution < 1.29 is 18.9 Å². The molecule has 1 aromatic rings. The summed E-state index contributed by atoms with van der Waals surface area (Å²) < 4.78 is 11.0. The monoisotopic (exact) mass is 318 g/mol. The van der Waals surface area contributed by atoms with Crippen molar-refractivity contribution in [2.75, 3.05) is 17.3 Å². The maximum atomic E-state index is 11.7. The Bertz CT molecular complexity index is 524. The molecule has 20 heavy (non-hydrogen) atoms. The lowest BCUT2D eigenvalue weighted by atomic mass is 10.2. The van der Waals surface area contributed by atoms with Gasteiger partial charge in [0.2, 0.25) is 0 Å². The van der Waals surface area contributed by atoms with Gasteiger partial charge in [-0.15, -0.1) is 0 Å². The summed E-state index contributed by atoms with van der Waals surface area (Å²) in [5.41, 5.74) is 0.384. The second-order valence-corrected chi connectivity index (χ2v) is 6.00. The summed E-state index contributed by atoms with van der Waals surface area (Å²) >= 11 is 5.87. The van der Waals surface area contributed by atoms with E-state index in [1.54, 1.807) is 24.3 Å². The molecule has 3 N–H and O–H groups in total. The second kappa shape index (κ2) is 7.86. The molecule has 0 saturated heterocycles. The molecule has 0 fully saturated rings. The lowest BCUT2D eigenvalue weighted by molar-refractivity contribution is -0.139. The number of anilines is 1. The molecule has 0 heterocycles. The largest absolute Gasteiger partial charge is 0.480 e. The Hall–Kier alpha value is -1.60. The van der Waals surface area contributed by atoms with E-state index in [9.17, 15) is 13.8 Å². The molecule has 1 rings (SSSR count). The molecule has 0 spiro atoms. The third-order valence-electron chi connectivity index (χ3n) is 2.42. The Morgan fingerprint density at radius 3 is 2.60 bits per heavy atom. The summed E-state index contributed by atoms with van der Waals surface area (Å²) in [5.74, 6) is -0.978. The van der Waals surface area contributed by atoms with E-state index >= 15 is 0 Å². The standard InChI is InChI=1S/C12H15ClN2O4S/c1-20(19)7-6-10(11(16)17)15-12(18)14-9-5-3-2-4-8(9)13/h2-5,10H,6-7H2,1H3,(H,16,17)(H2,14,15,18).